The molecule has 7 heteroatoms. The van der Waals surface area contributed by atoms with E-state index in [1.54, 1.807) is 0 Å². The van der Waals surface area contributed by atoms with E-state index in [9.17, 15) is 15.1 Å². The highest BCUT2D eigenvalue weighted by Gasteiger charge is 2.66. The molecule has 1 heterocycles. The number of hydrogen-bond acceptors (Lipinski definition) is 7. The Bertz CT molecular complexity index is 791. The fraction of sp³-hybridized carbons (Fsp3) is 0.870. The minimum atomic E-state index is -1.20. The van der Waals surface area contributed by atoms with Crippen LogP contribution in [0.25, 0.3) is 0 Å². The molecule has 3 N–H and O–H groups in total. The third kappa shape index (κ3) is 2.73. The van der Waals surface area contributed by atoms with Crippen molar-refractivity contribution in [3.05, 3.63) is 0 Å². The van der Waals surface area contributed by atoms with Crippen LogP contribution in [0, 0.1) is 28.6 Å². The summed E-state index contributed by atoms with van der Waals surface area (Å²) >= 11 is 0. The zero-order valence-corrected chi connectivity index (χ0v) is 18.2. The van der Waals surface area contributed by atoms with Gasteiger partial charge >= 0.3 is 0 Å². The first-order valence-corrected chi connectivity index (χ1v) is 11.7. The Kier molecular flexibility index (Phi) is 4.78. The second-order valence-corrected chi connectivity index (χ2v) is 10.9. The summed E-state index contributed by atoms with van der Waals surface area (Å²) in [4.78, 5) is 18.4. The number of nitrogens with one attached hydrogen (secondary N) is 1. The molecule has 1 aliphatic heterocycles. The van der Waals surface area contributed by atoms with Gasteiger partial charge in [0.2, 0.25) is 0 Å². The van der Waals surface area contributed by atoms with Crippen LogP contribution >= 0.6 is 0 Å². The molecule has 0 radical (unpaired) electrons. The molecule has 166 valence electrons. The zero-order chi connectivity index (χ0) is 21.1. The van der Waals surface area contributed by atoms with Crippen molar-refractivity contribution in [2.24, 2.45) is 38.9 Å². The van der Waals surface area contributed by atoms with Gasteiger partial charge < -0.3 is 20.5 Å². The minimum Gasteiger partial charge on any atom is -0.411 e. The first-order valence-electron chi connectivity index (χ1n) is 11.7. The Morgan fingerprint density at radius 3 is 2.70 bits per heavy atom. The van der Waals surface area contributed by atoms with Crippen LogP contribution in [0.4, 0.5) is 0 Å². The number of carbonyl (C=O) groups excluding carboxylic acids is 1. The number of nitrogens with zero attached hydrogens (tertiary/aromatic N) is 2. The Balaban J connectivity index is 1.43. The van der Waals surface area contributed by atoms with E-state index in [4.69, 9.17) is 4.84 Å². The highest BCUT2D eigenvalue weighted by molar-refractivity contribution is 6.00. The second kappa shape index (κ2) is 7.02. The highest BCUT2D eigenvalue weighted by atomic mass is 16.6. The lowest BCUT2D eigenvalue weighted by molar-refractivity contribution is -0.146. The van der Waals surface area contributed by atoms with E-state index in [1.165, 1.54) is 0 Å². The number of Topliss-reactive ketones (excluding diaryl/α,β-unsaturated/α-hetero) is 1. The first-order chi connectivity index (χ1) is 14.3. The van der Waals surface area contributed by atoms with E-state index in [1.807, 2.05) is 0 Å². The van der Waals surface area contributed by atoms with Crippen molar-refractivity contribution in [2.45, 2.75) is 83.3 Å². The van der Waals surface area contributed by atoms with Gasteiger partial charge in [-0.3, -0.25) is 4.79 Å². The van der Waals surface area contributed by atoms with Crippen LogP contribution in [0.15, 0.2) is 10.3 Å². The normalized spacial score (nSPS) is 51.0. The molecule has 0 aromatic rings. The molecule has 4 aliphatic carbocycles. The van der Waals surface area contributed by atoms with E-state index < -0.39 is 5.60 Å². The summed E-state index contributed by atoms with van der Waals surface area (Å²) in [5.41, 5.74) is -0.479. The summed E-state index contributed by atoms with van der Waals surface area (Å²) in [5.74, 6) is 1.36. The molecule has 5 fully saturated rings. The van der Waals surface area contributed by atoms with Crippen molar-refractivity contribution in [1.29, 1.82) is 0 Å². The SMILES string of the molecule is C[C@]12CC[C@H]3[C@@H](CC(=NO)[C@@]4(O)CC(=NO[C@@H]5CCNC5)CC[C@]34C)[C@@H]1CCC2=O. The van der Waals surface area contributed by atoms with E-state index >= 15 is 0 Å². The summed E-state index contributed by atoms with van der Waals surface area (Å²) in [6.07, 6.45) is 7.04. The monoisotopic (exact) mass is 417 g/mol. The van der Waals surface area contributed by atoms with Crippen molar-refractivity contribution in [3.63, 3.8) is 0 Å². The fourth-order valence-electron chi connectivity index (χ4n) is 7.72. The maximum Gasteiger partial charge on any atom is 0.141 e. The third-order valence-corrected chi connectivity index (χ3v) is 9.68. The lowest BCUT2D eigenvalue weighted by Gasteiger charge is -2.62. The minimum absolute atomic E-state index is 0.0955. The molecule has 30 heavy (non-hydrogen) atoms. The van der Waals surface area contributed by atoms with Crippen molar-refractivity contribution in [2.75, 3.05) is 13.1 Å². The van der Waals surface area contributed by atoms with Crippen LogP contribution in [0.3, 0.4) is 0 Å². The number of rotatable bonds is 2. The van der Waals surface area contributed by atoms with Gasteiger partial charge in [-0.25, -0.2) is 0 Å². The Morgan fingerprint density at radius 1 is 1.13 bits per heavy atom. The predicted molar refractivity (Wildman–Crippen MR) is 113 cm³/mol. The van der Waals surface area contributed by atoms with Gasteiger partial charge in [0.1, 0.15) is 17.5 Å². The predicted octanol–water partition coefficient (Wildman–Crippen LogP) is 2.89. The molecule has 0 bridgehead atoms. The van der Waals surface area contributed by atoms with Crippen LogP contribution < -0.4 is 5.32 Å². The first kappa shape index (κ1) is 20.4. The average Bonchev–Trinajstić information content (AvgIpc) is 3.35. The van der Waals surface area contributed by atoms with Gasteiger partial charge in [-0.05, 0) is 62.8 Å². The van der Waals surface area contributed by atoms with Crippen LogP contribution in [-0.4, -0.2) is 52.3 Å². The van der Waals surface area contributed by atoms with E-state index in [2.05, 4.69) is 29.5 Å². The van der Waals surface area contributed by atoms with Crippen molar-refractivity contribution in [3.8, 4) is 0 Å². The molecule has 0 unspecified atom stereocenters. The molecule has 1 saturated heterocycles. The number of carbonyl (C=O) groups is 1. The van der Waals surface area contributed by atoms with Crippen molar-refractivity contribution < 1.29 is 19.9 Å². The largest absolute Gasteiger partial charge is 0.411 e. The van der Waals surface area contributed by atoms with Crippen molar-refractivity contribution in [1.82, 2.24) is 5.32 Å². The zero-order valence-electron chi connectivity index (χ0n) is 18.2. The highest BCUT2D eigenvalue weighted by Crippen LogP contribution is 2.65. The molecule has 4 saturated carbocycles. The summed E-state index contributed by atoms with van der Waals surface area (Å²) in [5, 5.41) is 33.2. The average molecular weight is 418 g/mol. The molecule has 0 aromatic heterocycles. The fourth-order valence-corrected chi connectivity index (χ4v) is 7.72. The molecular weight excluding hydrogens is 382 g/mol. The van der Waals surface area contributed by atoms with Gasteiger partial charge in [-0.2, -0.15) is 0 Å². The topological polar surface area (TPSA) is 104 Å². The van der Waals surface area contributed by atoms with Gasteiger partial charge in [0, 0.05) is 36.6 Å². The van der Waals surface area contributed by atoms with Gasteiger partial charge in [-0.1, -0.05) is 24.2 Å². The van der Waals surface area contributed by atoms with Gasteiger partial charge in [0.05, 0.1) is 11.4 Å². The molecule has 7 atom stereocenters. The molecule has 7 nitrogen and oxygen atoms in total. The van der Waals surface area contributed by atoms with E-state index in [0.29, 0.717) is 48.5 Å². The molecule has 0 aromatic carbocycles. The maximum atomic E-state index is 12.6. The number of aliphatic hydroxyl groups is 1. The summed E-state index contributed by atoms with van der Waals surface area (Å²) in [7, 11) is 0. The van der Waals surface area contributed by atoms with Gasteiger partial charge in [0.25, 0.3) is 0 Å². The lowest BCUT2D eigenvalue weighted by Crippen LogP contribution is -2.66. The summed E-state index contributed by atoms with van der Waals surface area (Å²) < 4.78 is 0. The number of hydrogen-bond donors (Lipinski definition) is 3. The van der Waals surface area contributed by atoms with Crippen LogP contribution in [-0.2, 0) is 9.63 Å². The number of oxime groups is 2. The molecule has 0 amide bonds. The van der Waals surface area contributed by atoms with Gasteiger partial charge in [0.15, 0.2) is 0 Å². The second-order valence-electron chi connectivity index (χ2n) is 10.9. The molecule has 5 rings (SSSR count). The van der Waals surface area contributed by atoms with Crippen LogP contribution in [0.1, 0.15) is 71.6 Å². The smallest absolute Gasteiger partial charge is 0.141 e. The molecule has 0 spiro atoms. The van der Waals surface area contributed by atoms with Gasteiger partial charge in [-0.15, -0.1) is 0 Å². The maximum absolute atomic E-state index is 12.6. The number of fused-ring (bicyclic) bond motifs is 5. The van der Waals surface area contributed by atoms with Crippen LogP contribution in [0.5, 0.6) is 0 Å². The molecule has 5 aliphatic rings. The Labute approximate surface area is 178 Å². The number of ketones is 1. The standard InChI is InChI=1S/C23H35N3O4/c1-21-8-6-18-16(17(21)3-4-20(21)27)11-19(25-29)23(28)12-14(5-9-22(18,23)2)26-30-15-7-10-24-13-15/h15-18,24,28-29H,3-13H2,1-2H3/t15-,16+,17+,18+,21+,22-,23+/m1/s1. The molecular formula is C23H35N3O4. The van der Waals surface area contributed by atoms with Crippen molar-refractivity contribution >= 4 is 17.2 Å². The summed E-state index contributed by atoms with van der Waals surface area (Å²) in [6, 6.07) is 0. The van der Waals surface area contributed by atoms with E-state index in [-0.39, 0.29) is 16.9 Å². The Hall–Kier alpha value is -1.47. The third-order valence-electron chi connectivity index (χ3n) is 9.68. The Morgan fingerprint density at radius 2 is 1.97 bits per heavy atom. The lowest BCUT2D eigenvalue weighted by atomic mass is 9.43. The quantitative estimate of drug-likeness (QED) is 0.473. The summed E-state index contributed by atoms with van der Waals surface area (Å²) in [6.45, 7) is 6.07. The van der Waals surface area contributed by atoms with Crippen LogP contribution in [0.2, 0.25) is 0 Å². The van der Waals surface area contributed by atoms with E-state index in [0.717, 1.165) is 57.3 Å².